The van der Waals surface area contributed by atoms with Crippen LogP contribution in [0.1, 0.15) is 35.9 Å². The molecule has 0 fully saturated rings. The van der Waals surface area contributed by atoms with E-state index in [0.29, 0.717) is 24.5 Å². The molecule has 1 aliphatic carbocycles. The largest absolute Gasteiger partial charge is 0.441 e. The molecule has 1 amide bonds. The number of rotatable bonds is 5. The third-order valence-corrected chi connectivity index (χ3v) is 5.00. The Kier molecular flexibility index (Phi) is 4.94. The van der Waals surface area contributed by atoms with E-state index < -0.39 is 0 Å². The fourth-order valence-electron chi connectivity index (χ4n) is 3.40. The lowest BCUT2D eigenvalue weighted by Crippen LogP contribution is -2.27. The smallest absolute Gasteiger partial charge is 0.220 e. The molecule has 0 radical (unpaired) electrons. The molecule has 1 unspecified atom stereocenters. The normalized spacial score (nSPS) is 15.6. The summed E-state index contributed by atoms with van der Waals surface area (Å²) in [5, 5.41) is 3.80. The number of aromatic nitrogens is 1. The molecule has 0 saturated heterocycles. The van der Waals surface area contributed by atoms with Crippen molar-refractivity contribution in [3.63, 3.8) is 0 Å². The van der Waals surface area contributed by atoms with Gasteiger partial charge in [0.2, 0.25) is 5.91 Å². The summed E-state index contributed by atoms with van der Waals surface area (Å²) in [5.74, 6) is 0.713. The number of hydrogen-bond acceptors (Lipinski definition) is 3. The van der Waals surface area contributed by atoms with Crippen molar-refractivity contribution in [2.45, 2.75) is 31.7 Å². The number of aryl methyl sites for hydroxylation is 2. The monoisotopic (exact) mass is 384 g/mol. The van der Waals surface area contributed by atoms with Gasteiger partial charge >= 0.3 is 0 Å². The first-order chi connectivity index (χ1) is 13.1. The summed E-state index contributed by atoms with van der Waals surface area (Å²) in [6.07, 6.45) is 4.10. The van der Waals surface area contributed by atoms with Gasteiger partial charge in [0.25, 0.3) is 0 Å². The molecule has 1 aliphatic rings. The number of amides is 1. The quantitative estimate of drug-likeness (QED) is 0.682. The highest BCUT2D eigenvalue weighted by Crippen LogP contribution is 2.32. The average molecular weight is 385 g/mol. The molecular formula is C21H18ClFN2O2. The van der Waals surface area contributed by atoms with E-state index in [2.05, 4.69) is 10.3 Å². The summed E-state index contributed by atoms with van der Waals surface area (Å²) < 4.78 is 18.7. The van der Waals surface area contributed by atoms with Crippen LogP contribution in [-0.4, -0.2) is 10.9 Å². The van der Waals surface area contributed by atoms with E-state index in [1.807, 2.05) is 18.2 Å². The molecular weight excluding hydrogens is 367 g/mol. The molecule has 1 heterocycles. The number of nitrogens with zero attached hydrogens (tertiary/aromatic N) is 1. The Morgan fingerprint density at radius 1 is 1.26 bits per heavy atom. The molecule has 4 nitrogen and oxygen atoms in total. The summed E-state index contributed by atoms with van der Waals surface area (Å²) in [5.41, 5.74) is 3.09. The number of benzene rings is 2. The minimum absolute atomic E-state index is 0.0316. The van der Waals surface area contributed by atoms with Crippen LogP contribution in [0.5, 0.6) is 0 Å². The van der Waals surface area contributed by atoms with Crippen molar-refractivity contribution in [2.24, 2.45) is 0 Å². The summed E-state index contributed by atoms with van der Waals surface area (Å²) in [6, 6.07) is 11.9. The van der Waals surface area contributed by atoms with Crippen molar-refractivity contribution in [3.8, 4) is 11.3 Å². The van der Waals surface area contributed by atoms with Gasteiger partial charge in [-0.05, 0) is 60.4 Å². The zero-order valence-electron chi connectivity index (χ0n) is 14.5. The van der Waals surface area contributed by atoms with Gasteiger partial charge in [-0.1, -0.05) is 17.7 Å². The topological polar surface area (TPSA) is 55.1 Å². The molecule has 3 aromatic rings. The van der Waals surface area contributed by atoms with Crippen molar-refractivity contribution in [1.29, 1.82) is 0 Å². The number of carbonyl (C=O) groups is 1. The van der Waals surface area contributed by atoms with E-state index in [-0.39, 0.29) is 17.8 Å². The minimum atomic E-state index is -0.300. The zero-order valence-corrected chi connectivity index (χ0v) is 15.3. The maximum atomic E-state index is 13.0. The molecule has 4 rings (SSSR count). The minimum Gasteiger partial charge on any atom is -0.441 e. The predicted octanol–water partition coefficient (Wildman–Crippen LogP) is 4.87. The maximum Gasteiger partial charge on any atom is 0.220 e. The van der Waals surface area contributed by atoms with Gasteiger partial charge in [0.05, 0.1) is 12.2 Å². The Hall–Kier alpha value is -2.66. The first-order valence-electron chi connectivity index (χ1n) is 8.87. The number of hydrogen-bond donors (Lipinski definition) is 1. The molecule has 27 heavy (non-hydrogen) atoms. The van der Waals surface area contributed by atoms with E-state index >= 15 is 0 Å². The Balaban J connectivity index is 1.33. The highest BCUT2D eigenvalue weighted by atomic mass is 35.5. The van der Waals surface area contributed by atoms with Crippen LogP contribution in [0, 0.1) is 5.82 Å². The van der Waals surface area contributed by atoms with Gasteiger partial charge in [-0.15, -0.1) is 0 Å². The molecule has 0 bridgehead atoms. The lowest BCUT2D eigenvalue weighted by molar-refractivity contribution is -0.121. The van der Waals surface area contributed by atoms with Crippen molar-refractivity contribution in [3.05, 3.63) is 76.5 Å². The molecule has 1 atom stereocenters. The van der Waals surface area contributed by atoms with Gasteiger partial charge in [-0.3, -0.25) is 4.79 Å². The van der Waals surface area contributed by atoms with Crippen molar-refractivity contribution in [1.82, 2.24) is 10.3 Å². The Labute approximate surface area is 161 Å². The van der Waals surface area contributed by atoms with Gasteiger partial charge in [0, 0.05) is 23.4 Å². The van der Waals surface area contributed by atoms with Gasteiger partial charge in [0.15, 0.2) is 11.7 Å². The van der Waals surface area contributed by atoms with Crippen LogP contribution in [0.2, 0.25) is 5.02 Å². The molecule has 2 aromatic carbocycles. The number of carbonyl (C=O) groups excluding carboxylic acids is 1. The van der Waals surface area contributed by atoms with E-state index in [0.717, 1.165) is 29.0 Å². The molecule has 138 valence electrons. The molecule has 0 aliphatic heterocycles. The van der Waals surface area contributed by atoms with E-state index in [4.69, 9.17) is 16.0 Å². The summed E-state index contributed by atoms with van der Waals surface area (Å²) >= 11 is 6.03. The van der Waals surface area contributed by atoms with Crippen LogP contribution in [-0.2, 0) is 17.6 Å². The summed E-state index contributed by atoms with van der Waals surface area (Å²) in [6.45, 7) is 0. The van der Waals surface area contributed by atoms with Crippen LogP contribution >= 0.6 is 11.6 Å². The van der Waals surface area contributed by atoms with Crippen molar-refractivity contribution < 1.29 is 13.6 Å². The molecule has 1 N–H and O–H groups in total. The van der Waals surface area contributed by atoms with E-state index in [1.165, 1.54) is 17.7 Å². The molecule has 0 saturated carbocycles. The third kappa shape index (κ3) is 4.03. The van der Waals surface area contributed by atoms with Crippen LogP contribution in [0.3, 0.4) is 0 Å². The van der Waals surface area contributed by atoms with Gasteiger partial charge in [-0.25, -0.2) is 9.37 Å². The Morgan fingerprint density at radius 2 is 2.07 bits per heavy atom. The third-order valence-electron chi connectivity index (χ3n) is 4.77. The highest BCUT2D eigenvalue weighted by Gasteiger charge is 2.24. The van der Waals surface area contributed by atoms with Crippen LogP contribution < -0.4 is 5.32 Å². The van der Waals surface area contributed by atoms with E-state index in [1.54, 1.807) is 18.3 Å². The maximum absolute atomic E-state index is 13.0. The fourth-order valence-corrected chi connectivity index (χ4v) is 3.59. The fraction of sp³-hybridized carbons (Fsp3) is 0.238. The predicted molar refractivity (Wildman–Crippen MR) is 101 cm³/mol. The van der Waals surface area contributed by atoms with E-state index in [9.17, 15) is 9.18 Å². The van der Waals surface area contributed by atoms with Crippen LogP contribution in [0.25, 0.3) is 11.3 Å². The second kappa shape index (κ2) is 7.53. The number of halogens is 2. The van der Waals surface area contributed by atoms with Gasteiger partial charge < -0.3 is 9.73 Å². The standard InChI is InChI=1S/C21H18ClFN2O2/c22-15-4-7-17-14(11-15)3-8-18(17)25-20(26)9-10-21-24-12-19(27-21)13-1-5-16(23)6-2-13/h1-2,4-7,11-12,18H,3,8-10H2,(H,25,26). The summed E-state index contributed by atoms with van der Waals surface area (Å²) in [7, 11) is 0. The summed E-state index contributed by atoms with van der Waals surface area (Å²) in [4.78, 5) is 16.5. The second-order valence-corrected chi connectivity index (χ2v) is 7.06. The van der Waals surface area contributed by atoms with Gasteiger partial charge in [-0.2, -0.15) is 0 Å². The van der Waals surface area contributed by atoms with Crippen molar-refractivity contribution in [2.75, 3.05) is 0 Å². The molecule has 0 spiro atoms. The number of oxazole rings is 1. The number of fused-ring (bicyclic) bond motifs is 1. The Bertz CT molecular complexity index is 969. The number of nitrogens with one attached hydrogen (secondary N) is 1. The lowest BCUT2D eigenvalue weighted by atomic mass is 10.1. The van der Waals surface area contributed by atoms with Gasteiger partial charge in [0.1, 0.15) is 5.82 Å². The lowest BCUT2D eigenvalue weighted by Gasteiger charge is -2.14. The van der Waals surface area contributed by atoms with Crippen LogP contribution in [0.4, 0.5) is 4.39 Å². The first kappa shape index (κ1) is 17.7. The van der Waals surface area contributed by atoms with Crippen molar-refractivity contribution >= 4 is 17.5 Å². The zero-order chi connectivity index (χ0) is 18.8. The van der Waals surface area contributed by atoms with Crippen LogP contribution in [0.15, 0.2) is 53.1 Å². The molecule has 6 heteroatoms. The second-order valence-electron chi connectivity index (χ2n) is 6.63. The molecule has 1 aromatic heterocycles. The Morgan fingerprint density at radius 3 is 2.89 bits per heavy atom. The first-order valence-corrected chi connectivity index (χ1v) is 9.24. The highest BCUT2D eigenvalue weighted by molar-refractivity contribution is 6.30. The SMILES string of the molecule is O=C(CCc1ncc(-c2ccc(F)cc2)o1)NC1CCc2cc(Cl)ccc21. The average Bonchev–Trinajstić information content (AvgIpc) is 3.28.